The second-order valence-corrected chi connectivity index (χ2v) is 6.49. The van der Waals surface area contributed by atoms with E-state index in [9.17, 15) is 13.2 Å². The third kappa shape index (κ3) is 2.79. The van der Waals surface area contributed by atoms with Gasteiger partial charge in [-0.25, -0.2) is 13.2 Å². The second-order valence-electron chi connectivity index (χ2n) is 4.19. The van der Waals surface area contributed by atoms with Crippen molar-refractivity contribution >= 4 is 21.5 Å². The van der Waals surface area contributed by atoms with Crippen molar-refractivity contribution in [2.24, 2.45) is 0 Å². The molecule has 0 unspecified atom stereocenters. The molecule has 98 valence electrons. The first-order valence-corrected chi connectivity index (χ1v) is 7.44. The molecule has 0 spiro atoms. The van der Waals surface area contributed by atoms with E-state index in [0.717, 1.165) is 0 Å². The number of carboxylic acids is 1. The van der Waals surface area contributed by atoms with Crippen LogP contribution in [0.1, 0.15) is 16.8 Å². The number of aromatic nitrogens is 1. The predicted molar refractivity (Wildman–Crippen MR) is 66.7 cm³/mol. The second kappa shape index (κ2) is 4.93. The molecule has 2 heterocycles. The van der Waals surface area contributed by atoms with E-state index in [1.165, 1.54) is 18.5 Å². The standard InChI is InChI=1S/C11H14N2O4S/c14-11(15)9-2-3-12-8-10(9)13-4-1-6-18(16,17)7-5-13/h2-3,8H,1,4-7H2,(H,14,15). The van der Waals surface area contributed by atoms with E-state index in [4.69, 9.17) is 5.11 Å². The smallest absolute Gasteiger partial charge is 0.337 e. The van der Waals surface area contributed by atoms with E-state index >= 15 is 0 Å². The van der Waals surface area contributed by atoms with Gasteiger partial charge in [0.25, 0.3) is 0 Å². The first kappa shape index (κ1) is 12.8. The third-order valence-corrected chi connectivity index (χ3v) is 4.64. The van der Waals surface area contributed by atoms with Crippen LogP contribution in [-0.4, -0.2) is 49.1 Å². The fourth-order valence-corrected chi connectivity index (χ4v) is 3.27. The molecule has 0 atom stereocenters. The minimum absolute atomic E-state index is 0.0565. The van der Waals surface area contributed by atoms with E-state index < -0.39 is 15.8 Å². The van der Waals surface area contributed by atoms with Crippen LogP contribution in [0.3, 0.4) is 0 Å². The zero-order chi connectivity index (χ0) is 13.2. The fourth-order valence-electron chi connectivity index (χ4n) is 2.00. The number of hydrogen-bond acceptors (Lipinski definition) is 5. The van der Waals surface area contributed by atoms with Gasteiger partial charge in [-0.3, -0.25) is 4.98 Å². The van der Waals surface area contributed by atoms with Gasteiger partial charge in [0, 0.05) is 19.3 Å². The van der Waals surface area contributed by atoms with E-state index in [2.05, 4.69) is 4.98 Å². The molecule has 1 aromatic rings. The van der Waals surface area contributed by atoms with E-state index in [-0.39, 0.29) is 17.1 Å². The van der Waals surface area contributed by atoms with Crippen LogP contribution < -0.4 is 4.90 Å². The number of carbonyl (C=O) groups is 1. The maximum Gasteiger partial charge on any atom is 0.337 e. The average Bonchev–Trinajstić information content (AvgIpc) is 2.50. The Bertz CT molecular complexity index is 556. The van der Waals surface area contributed by atoms with Gasteiger partial charge in [0.1, 0.15) is 0 Å². The van der Waals surface area contributed by atoms with Crippen LogP contribution in [0, 0.1) is 0 Å². The Labute approximate surface area is 105 Å². The first-order chi connectivity index (χ1) is 8.49. The molecule has 18 heavy (non-hydrogen) atoms. The topological polar surface area (TPSA) is 87.6 Å². The number of hydrogen-bond donors (Lipinski definition) is 1. The third-order valence-electron chi connectivity index (χ3n) is 2.93. The highest BCUT2D eigenvalue weighted by molar-refractivity contribution is 7.91. The highest BCUT2D eigenvalue weighted by Crippen LogP contribution is 2.21. The van der Waals surface area contributed by atoms with Crippen LogP contribution in [0.5, 0.6) is 0 Å². The summed E-state index contributed by atoms with van der Waals surface area (Å²) in [6, 6.07) is 1.43. The Morgan fingerprint density at radius 1 is 1.33 bits per heavy atom. The molecule has 1 aromatic heterocycles. The molecule has 0 amide bonds. The Morgan fingerprint density at radius 3 is 2.83 bits per heavy atom. The largest absolute Gasteiger partial charge is 0.478 e. The van der Waals surface area contributed by atoms with Gasteiger partial charge in [0.2, 0.25) is 0 Å². The summed E-state index contributed by atoms with van der Waals surface area (Å²) in [5.41, 5.74) is 0.645. The molecule has 1 saturated heterocycles. The molecule has 1 fully saturated rings. The lowest BCUT2D eigenvalue weighted by molar-refractivity contribution is 0.0697. The zero-order valence-corrected chi connectivity index (χ0v) is 10.6. The number of carboxylic acid groups (broad SMARTS) is 1. The van der Waals surface area contributed by atoms with Crippen molar-refractivity contribution < 1.29 is 18.3 Å². The summed E-state index contributed by atoms with van der Waals surface area (Å²) in [7, 11) is -3.00. The van der Waals surface area contributed by atoms with Gasteiger partial charge in [-0.1, -0.05) is 0 Å². The van der Waals surface area contributed by atoms with Gasteiger partial charge in [-0.05, 0) is 12.5 Å². The fraction of sp³-hybridized carbons (Fsp3) is 0.455. The van der Waals surface area contributed by atoms with Crippen LogP contribution >= 0.6 is 0 Å². The molecule has 2 rings (SSSR count). The summed E-state index contributed by atoms with van der Waals surface area (Å²) in [5, 5.41) is 9.10. The Kier molecular flexibility index (Phi) is 3.51. The molecule has 0 saturated carbocycles. The quantitative estimate of drug-likeness (QED) is 0.837. The number of rotatable bonds is 2. The molecule has 1 N–H and O–H groups in total. The van der Waals surface area contributed by atoms with Gasteiger partial charge in [-0.15, -0.1) is 0 Å². The molecule has 0 aliphatic carbocycles. The van der Waals surface area contributed by atoms with Crippen molar-refractivity contribution in [1.29, 1.82) is 0 Å². The molecule has 0 bridgehead atoms. The lowest BCUT2D eigenvalue weighted by Crippen LogP contribution is -2.28. The molecule has 1 aliphatic rings. The zero-order valence-electron chi connectivity index (χ0n) is 9.74. The van der Waals surface area contributed by atoms with Crippen molar-refractivity contribution in [3.8, 4) is 0 Å². The Hall–Kier alpha value is -1.63. The van der Waals surface area contributed by atoms with Gasteiger partial charge in [0.05, 0.1) is 29.0 Å². The highest BCUT2D eigenvalue weighted by atomic mass is 32.2. The van der Waals surface area contributed by atoms with Crippen LogP contribution in [0.25, 0.3) is 0 Å². The number of anilines is 1. The van der Waals surface area contributed by atoms with E-state index in [1.807, 2.05) is 0 Å². The van der Waals surface area contributed by atoms with Crippen LogP contribution in [0.15, 0.2) is 18.5 Å². The summed E-state index contributed by atoms with van der Waals surface area (Å²) in [5.74, 6) is -0.813. The monoisotopic (exact) mass is 270 g/mol. The molecule has 1 aliphatic heterocycles. The van der Waals surface area contributed by atoms with Gasteiger partial charge in [-0.2, -0.15) is 0 Å². The van der Waals surface area contributed by atoms with Crippen molar-refractivity contribution in [2.75, 3.05) is 29.5 Å². The van der Waals surface area contributed by atoms with Crippen LogP contribution in [0.2, 0.25) is 0 Å². The minimum Gasteiger partial charge on any atom is -0.478 e. The van der Waals surface area contributed by atoms with Gasteiger partial charge >= 0.3 is 5.97 Å². The van der Waals surface area contributed by atoms with Crippen LogP contribution in [0.4, 0.5) is 5.69 Å². The first-order valence-electron chi connectivity index (χ1n) is 5.62. The van der Waals surface area contributed by atoms with Gasteiger partial charge < -0.3 is 10.0 Å². The molecule has 0 radical (unpaired) electrons. The van der Waals surface area contributed by atoms with Crippen LogP contribution in [-0.2, 0) is 9.84 Å². The lowest BCUT2D eigenvalue weighted by atomic mass is 10.2. The summed E-state index contributed by atoms with van der Waals surface area (Å²) < 4.78 is 23.0. The summed E-state index contributed by atoms with van der Waals surface area (Å²) in [4.78, 5) is 16.8. The average molecular weight is 270 g/mol. The summed E-state index contributed by atoms with van der Waals surface area (Å²) in [6.07, 6.45) is 3.40. The predicted octanol–water partition coefficient (Wildman–Crippen LogP) is 0.405. The van der Waals surface area contributed by atoms with Gasteiger partial charge in [0.15, 0.2) is 9.84 Å². The highest BCUT2D eigenvalue weighted by Gasteiger charge is 2.22. The van der Waals surface area contributed by atoms with E-state index in [1.54, 1.807) is 4.90 Å². The van der Waals surface area contributed by atoms with Crippen molar-refractivity contribution in [2.45, 2.75) is 6.42 Å². The van der Waals surface area contributed by atoms with E-state index in [0.29, 0.717) is 25.2 Å². The van der Waals surface area contributed by atoms with Crippen molar-refractivity contribution in [3.63, 3.8) is 0 Å². The molecule has 6 nitrogen and oxygen atoms in total. The molecular formula is C11H14N2O4S. The molecule has 0 aromatic carbocycles. The SMILES string of the molecule is O=C(O)c1ccncc1N1CCCS(=O)(=O)CC1. The summed E-state index contributed by atoms with van der Waals surface area (Å²) in [6.45, 7) is 0.847. The van der Waals surface area contributed by atoms with Crippen molar-refractivity contribution in [3.05, 3.63) is 24.0 Å². The number of sulfone groups is 1. The number of pyridine rings is 1. The maximum atomic E-state index is 11.5. The number of aromatic carboxylic acids is 1. The molecular weight excluding hydrogens is 256 g/mol. The summed E-state index contributed by atoms with van der Waals surface area (Å²) >= 11 is 0. The molecule has 7 heteroatoms. The maximum absolute atomic E-state index is 11.5. The Morgan fingerprint density at radius 2 is 2.11 bits per heavy atom. The number of nitrogens with zero attached hydrogens (tertiary/aromatic N) is 2. The normalized spacial score (nSPS) is 19.2. The Balaban J connectivity index is 2.29. The minimum atomic E-state index is -3.00. The lowest BCUT2D eigenvalue weighted by Gasteiger charge is -2.23. The van der Waals surface area contributed by atoms with Crippen molar-refractivity contribution in [1.82, 2.24) is 4.98 Å².